The Kier molecular flexibility index (Phi) is 7.08. The molecule has 0 radical (unpaired) electrons. The Morgan fingerprint density at radius 1 is 1.27 bits per heavy atom. The standard InChI is InChI=1S/C17H24F3N3O2S/c1-2-26(24,25)22-16-4-3-10-23(13-16)11-9-21-15-7-5-14(6-8-15)12-17(18,19)20/h2,5-8,16,21-22H,1,3-4,9-13H2/t16-/m1/s1. The minimum Gasteiger partial charge on any atom is -0.384 e. The summed E-state index contributed by atoms with van der Waals surface area (Å²) in [5.41, 5.74) is 0.994. The first-order chi connectivity index (χ1) is 12.2. The van der Waals surface area contributed by atoms with Crippen LogP contribution in [0.15, 0.2) is 36.3 Å². The minimum absolute atomic E-state index is 0.131. The summed E-state index contributed by atoms with van der Waals surface area (Å²) in [6.07, 6.45) is -3.44. The van der Waals surface area contributed by atoms with Crippen LogP contribution in [-0.4, -0.2) is 51.7 Å². The van der Waals surface area contributed by atoms with Crippen molar-refractivity contribution in [1.29, 1.82) is 0 Å². The van der Waals surface area contributed by atoms with Crippen LogP contribution in [0.5, 0.6) is 0 Å². The molecule has 26 heavy (non-hydrogen) atoms. The molecule has 9 heteroatoms. The fourth-order valence-electron chi connectivity index (χ4n) is 2.97. The number of halogens is 3. The fourth-order valence-corrected chi connectivity index (χ4v) is 3.72. The summed E-state index contributed by atoms with van der Waals surface area (Å²) in [6, 6.07) is 6.08. The van der Waals surface area contributed by atoms with E-state index < -0.39 is 22.6 Å². The first-order valence-electron chi connectivity index (χ1n) is 8.43. The van der Waals surface area contributed by atoms with Crippen LogP contribution in [0.4, 0.5) is 18.9 Å². The molecule has 1 heterocycles. The van der Waals surface area contributed by atoms with Crippen LogP contribution < -0.4 is 10.0 Å². The lowest BCUT2D eigenvalue weighted by Crippen LogP contribution is -2.48. The highest BCUT2D eigenvalue weighted by Crippen LogP contribution is 2.22. The zero-order chi connectivity index (χ0) is 19.2. The molecule has 0 bridgehead atoms. The fraction of sp³-hybridized carbons (Fsp3) is 0.529. The Balaban J connectivity index is 1.76. The van der Waals surface area contributed by atoms with Gasteiger partial charge in [-0.05, 0) is 37.1 Å². The van der Waals surface area contributed by atoms with Crippen LogP contribution >= 0.6 is 0 Å². The van der Waals surface area contributed by atoms with Crippen LogP contribution in [0.1, 0.15) is 18.4 Å². The van der Waals surface area contributed by atoms with Gasteiger partial charge in [-0.1, -0.05) is 18.7 Å². The van der Waals surface area contributed by atoms with E-state index in [4.69, 9.17) is 0 Å². The van der Waals surface area contributed by atoms with Gasteiger partial charge in [-0.15, -0.1) is 0 Å². The molecule has 1 saturated heterocycles. The maximum atomic E-state index is 12.3. The van der Waals surface area contributed by atoms with Gasteiger partial charge in [0.2, 0.25) is 10.0 Å². The number of hydrogen-bond acceptors (Lipinski definition) is 4. The van der Waals surface area contributed by atoms with Crippen molar-refractivity contribution in [3.63, 3.8) is 0 Å². The second-order valence-electron chi connectivity index (χ2n) is 6.38. The third-order valence-corrected chi connectivity index (χ3v) is 5.27. The van der Waals surface area contributed by atoms with Crippen molar-refractivity contribution in [3.05, 3.63) is 41.8 Å². The number of nitrogens with one attached hydrogen (secondary N) is 2. The van der Waals surface area contributed by atoms with Gasteiger partial charge in [-0.3, -0.25) is 0 Å². The molecule has 5 nitrogen and oxygen atoms in total. The smallest absolute Gasteiger partial charge is 0.384 e. The van der Waals surface area contributed by atoms with Gasteiger partial charge in [-0.25, -0.2) is 13.1 Å². The molecule has 1 atom stereocenters. The van der Waals surface area contributed by atoms with E-state index in [9.17, 15) is 21.6 Å². The molecular formula is C17H24F3N3O2S. The Hall–Kier alpha value is -1.58. The van der Waals surface area contributed by atoms with Gasteiger partial charge < -0.3 is 10.2 Å². The van der Waals surface area contributed by atoms with Crippen LogP contribution in [0.2, 0.25) is 0 Å². The lowest BCUT2D eigenvalue weighted by molar-refractivity contribution is -0.127. The Bertz CT molecular complexity index is 690. The van der Waals surface area contributed by atoms with E-state index in [1.807, 2.05) is 0 Å². The van der Waals surface area contributed by atoms with Gasteiger partial charge in [-0.2, -0.15) is 13.2 Å². The normalized spacial score (nSPS) is 19.3. The van der Waals surface area contributed by atoms with Crippen molar-refractivity contribution in [2.45, 2.75) is 31.5 Å². The number of hydrogen-bond donors (Lipinski definition) is 2. The van der Waals surface area contributed by atoms with Crippen LogP contribution in [0, 0.1) is 0 Å². The van der Waals surface area contributed by atoms with Gasteiger partial charge in [0.05, 0.1) is 6.42 Å². The van der Waals surface area contributed by atoms with E-state index in [0.717, 1.165) is 37.0 Å². The van der Waals surface area contributed by atoms with Gasteiger partial charge >= 0.3 is 6.18 Å². The largest absolute Gasteiger partial charge is 0.393 e. The zero-order valence-electron chi connectivity index (χ0n) is 14.4. The highest BCUT2D eigenvalue weighted by atomic mass is 32.2. The maximum Gasteiger partial charge on any atom is 0.393 e. The summed E-state index contributed by atoms with van der Waals surface area (Å²) in [5, 5.41) is 4.09. The summed E-state index contributed by atoms with van der Waals surface area (Å²) in [5.74, 6) is 0. The number of benzene rings is 1. The van der Waals surface area contributed by atoms with E-state index >= 15 is 0 Å². The number of rotatable bonds is 8. The van der Waals surface area contributed by atoms with Crippen LogP contribution in [0.25, 0.3) is 0 Å². The van der Waals surface area contributed by atoms with Crippen molar-refractivity contribution >= 4 is 15.7 Å². The SMILES string of the molecule is C=CS(=O)(=O)N[C@@H]1CCCN(CCNc2ccc(CC(F)(F)F)cc2)C1. The predicted molar refractivity (Wildman–Crippen MR) is 96.4 cm³/mol. The third kappa shape index (κ3) is 7.35. The molecule has 0 aliphatic carbocycles. The molecule has 0 saturated carbocycles. The highest BCUT2D eigenvalue weighted by molar-refractivity contribution is 7.92. The van der Waals surface area contributed by atoms with E-state index in [0.29, 0.717) is 13.1 Å². The summed E-state index contributed by atoms with van der Waals surface area (Å²) >= 11 is 0. The molecular weight excluding hydrogens is 367 g/mol. The third-order valence-electron chi connectivity index (χ3n) is 4.17. The Labute approximate surface area is 152 Å². The molecule has 0 amide bonds. The zero-order valence-corrected chi connectivity index (χ0v) is 15.2. The molecule has 0 aromatic heterocycles. The van der Waals surface area contributed by atoms with Crippen LogP contribution in [-0.2, 0) is 16.4 Å². The molecule has 1 aliphatic heterocycles. The van der Waals surface area contributed by atoms with Crippen molar-refractivity contribution in [2.24, 2.45) is 0 Å². The minimum atomic E-state index is -4.20. The van der Waals surface area contributed by atoms with Gasteiger partial charge in [0.25, 0.3) is 0 Å². The maximum absolute atomic E-state index is 12.3. The molecule has 2 rings (SSSR count). The number of nitrogens with zero attached hydrogens (tertiary/aromatic N) is 1. The van der Waals surface area contributed by atoms with E-state index in [-0.39, 0.29) is 11.6 Å². The van der Waals surface area contributed by atoms with Gasteiger partial charge in [0.1, 0.15) is 0 Å². The summed E-state index contributed by atoms with van der Waals surface area (Å²) in [7, 11) is -3.43. The molecule has 1 fully saturated rings. The van der Waals surface area contributed by atoms with E-state index in [1.165, 1.54) is 12.1 Å². The Morgan fingerprint density at radius 3 is 2.58 bits per heavy atom. The molecule has 1 aliphatic rings. The van der Waals surface area contributed by atoms with Crippen molar-refractivity contribution in [1.82, 2.24) is 9.62 Å². The van der Waals surface area contributed by atoms with Crippen molar-refractivity contribution in [2.75, 3.05) is 31.5 Å². The highest BCUT2D eigenvalue weighted by Gasteiger charge is 2.27. The van der Waals surface area contributed by atoms with Crippen LogP contribution in [0.3, 0.4) is 0 Å². The lowest BCUT2D eigenvalue weighted by atomic mass is 10.1. The molecule has 0 spiro atoms. The molecule has 1 aromatic rings. The second-order valence-corrected chi connectivity index (χ2v) is 8.04. The molecule has 146 valence electrons. The average Bonchev–Trinajstić information content (AvgIpc) is 2.55. The monoisotopic (exact) mass is 391 g/mol. The first-order valence-corrected chi connectivity index (χ1v) is 9.98. The van der Waals surface area contributed by atoms with Crippen molar-refractivity contribution in [3.8, 4) is 0 Å². The molecule has 1 aromatic carbocycles. The van der Waals surface area contributed by atoms with E-state index in [2.05, 4.69) is 21.5 Å². The predicted octanol–water partition coefficient (Wildman–Crippen LogP) is 2.73. The van der Waals surface area contributed by atoms with E-state index in [1.54, 1.807) is 12.1 Å². The Morgan fingerprint density at radius 2 is 1.96 bits per heavy atom. The average molecular weight is 391 g/mol. The summed E-state index contributed by atoms with van der Waals surface area (Å²) in [4.78, 5) is 2.16. The van der Waals surface area contributed by atoms with Gasteiger partial charge in [0, 0.05) is 36.8 Å². The summed E-state index contributed by atoms with van der Waals surface area (Å²) in [6.45, 7) is 6.14. The number of likely N-dealkylation sites (tertiary alicyclic amines) is 1. The van der Waals surface area contributed by atoms with Gasteiger partial charge in [0.15, 0.2) is 0 Å². The molecule has 2 N–H and O–H groups in total. The number of anilines is 1. The number of alkyl halides is 3. The second kappa shape index (κ2) is 8.88. The quantitative estimate of drug-likeness (QED) is 0.715. The topological polar surface area (TPSA) is 61.4 Å². The summed E-state index contributed by atoms with van der Waals surface area (Å²) < 4.78 is 62.7. The number of sulfonamides is 1. The number of piperidine rings is 1. The first kappa shape index (κ1) is 20.7. The van der Waals surface area contributed by atoms with Crippen molar-refractivity contribution < 1.29 is 21.6 Å². The lowest BCUT2D eigenvalue weighted by Gasteiger charge is -2.32. The molecule has 0 unspecified atom stereocenters.